The van der Waals surface area contributed by atoms with E-state index in [0.717, 1.165) is 5.56 Å². The van der Waals surface area contributed by atoms with Crippen LogP contribution in [-0.2, 0) is 25.6 Å². The van der Waals surface area contributed by atoms with Gasteiger partial charge in [0, 0.05) is 13.1 Å². The highest BCUT2D eigenvalue weighted by atomic mass is 32.2. The molecule has 1 aromatic heterocycles. The molecule has 2 aromatic rings. The summed E-state index contributed by atoms with van der Waals surface area (Å²) < 4.78 is 57.3. The second kappa shape index (κ2) is 7.77. The summed E-state index contributed by atoms with van der Waals surface area (Å²) >= 11 is 0. The van der Waals surface area contributed by atoms with Gasteiger partial charge in [-0.3, -0.25) is 0 Å². The molecule has 0 bridgehead atoms. The zero-order chi connectivity index (χ0) is 19.7. The van der Waals surface area contributed by atoms with E-state index in [1.807, 2.05) is 12.1 Å². The van der Waals surface area contributed by atoms with Crippen molar-refractivity contribution in [1.82, 2.24) is 4.31 Å². The summed E-state index contributed by atoms with van der Waals surface area (Å²) in [4.78, 5) is 0.254. The second-order valence-corrected chi connectivity index (χ2v) is 11.4. The van der Waals surface area contributed by atoms with Crippen molar-refractivity contribution in [2.24, 2.45) is 0 Å². The number of piperidine rings is 1. The van der Waals surface area contributed by atoms with Crippen molar-refractivity contribution < 1.29 is 21.3 Å². The van der Waals surface area contributed by atoms with Gasteiger partial charge in [0.25, 0.3) is 0 Å². The second-order valence-electron chi connectivity index (χ2n) is 7.21. The average molecular weight is 412 g/mol. The van der Waals surface area contributed by atoms with E-state index in [4.69, 9.17) is 4.42 Å². The molecule has 148 valence electrons. The van der Waals surface area contributed by atoms with Crippen molar-refractivity contribution in [3.63, 3.8) is 0 Å². The van der Waals surface area contributed by atoms with Crippen LogP contribution in [0.4, 0.5) is 0 Å². The van der Waals surface area contributed by atoms with Gasteiger partial charge >= 0.3 is 0 Å². The number of hydrogen-bond donors (Lipinski definition) is 0. The monoisotopic (exact) mass is 411 g/mol. The lowest BCUT2D eigenvalue weighted by Crippen LogP contribution is -2.42. The van der Waals surface area contributed by atoms with Crippen molar-refractivity contribution in [2.75, 3.05) is 13.1 Å². The van der Waals surface area contributed by atoms with Gasteiger partial charge in [0.1, 0.15) is 11.5 Å². The third kappa shape index (κ3) is 4.44. The molecule has 1 aliphatic heterocycles. The van der Waals surface area contributed by atoms with Crippen LogP contribution in [0, 0.1) is 0 Å². The fraction of sp³-hybridized carbons (Fsp3) is 0.474. The van der Waals surface area contributed by atoms with Crippen molar-refractivity contribution in [3.05, 3.63) is 54.0 Å². The summed E-state index contributed by atoms with van der Waals surface area (Å²) in [5, 5.41) is -0.544. The minimum atomic E-state index is -3.60. The van der Waals surface area contributed by atoms with Crippen molar-refractivity contribution in [3.8, 4) is 0 Å². The standard InChI is InChI=1S/C19H25NO5S2/c1-15(2)16-5-7-19(8-6-16)27(23,24)20-11-9-18(10-12-20)26(21,22)14-17-4-3-13-25-17/h3-8,13,15,18H,9-12,14H2,1-2H3. The van der Waals surface area contributed by atoms with Gasteiger partial charge in [-0.15, -0.1) is 0 Å². The molecule has 3 rings (SSSR count). The molecule has 0 atom stereocenters. The maximum Gasteiger partial charge on any atom is 0.243 e. The van der Waals surface area contributed by atoms with Gasteiger partial charge in [-0.2, -0.15) is 4.31 Å². The maximum atomic E-state index is 12.8. The Morgan fingerprint density at radius 2 is 1.67 bits per heavy atom. The normalized spacial score (nSPS) is 17.4. The first kappa shape index (κ1) is 20.1. The highest BCUT2D eigenvalue weighted by molar-refractivity contribution is 7.91. The van der Waals surface area contributed by atoms with Crippen molar-refractivity contribution in [2.45, 2.75) is 48.5 Å². The summed E-state index contributed by atoms with van der Waals surface area (Å²) in [6, 6.07) is 10.2. The van der Waals surface area contributed by atoms with Crippen molar-refractivity contribution in [1.29, 1.82) is 0 Å². The van der Waals surface area contributed by atoms with Gasteiger partial charge in [-0.25, -0.2) is 16.8 Å². The van der Waals surface area contributed by atoms with E-state index < -0.39 is 25.1 Å². The lowest BCUT2D eigenvalue weighted by molar-refractivity contribution is 0.345. The quantitative estimate of drug-likeness (QED) is 0.729. The number of hydrogen-bond acceptors (Lipinski definition) is 5. The predicted molar refractivity (Wildman–Crippen MR) is 104 cm³/mol. The van der Waals surface area contributed by atoms with Crippen LogP contribution in [0.3, 0.4) is 0 Å². The largest absolute Gasteiger partial charge is 0.468 e. The molecule has 1 fully saturated rings. The summed E-state index contributed by atoms with van der Waals surface area (Å²) in [7, 11) is -6.97. The zero-order valence-electron chi connectivity index (χ0n) is 15.5. The molecule has 0 amide bonds. The first-order valence-corrected chi connectivity index (χ1v) is 12.2. The van der Waals surface area contributed by atoms with E-state index in [0.29, 0.717) is 24.5 Å². The van der Waals surface area contributed by atoms with Crippen molar-refractivity contribution >= 4 is 19.9 Å². The Kier molecular flexibility index (Phi) is 5.79. The Labute approximate surface area is 161 Å². The van der Waals surface area contributed by atoms with E-state index >= 15 is 0 Å². The molecular formula is C19H25NO5S2. The molecule has 1 aromatic carbocycles. The van der Waals surface area contributed by atoms with E-state index in [1.165, 1.54) is 10.6 Å². The number of nitrogens with zero attached hydrogens (tertiary/aromatic N) is 1. The first-order valence-electron chi connectivity index (χ1n) is 9.04. The molecule has 0 unspecified atom stereocenters. The molecule has 0 N–H and O–H groups in total. The van der Waals surface area contributed by atoms with Crippen LogP contribution < -0.4 is 0 Å². The van der Waals surface area contributed by atoms with Crippen LogP contribution >= 0.6 is 0 Å². The SMILES string of the molecule is CC(C)c1ccc(S(=O)(=O)N2CCC(S(=O)(=O)Cc3ccco3)CC2)cc1. The molecule has 0 saturated carbocycles. The number of rotatable bonds is 6. The van der Waals surface area contributed by atoms with Gasteiger partial charge in [0.05, 0.1) is 16.4 Å². The van der Waals surface area contributed by atoms with Crippen LogP contribution in [0.1, 0.15) is 43.9 Å². The molecule has 0 aliphatic carbocycles. The Morgan fingerprint density at radius 3 is 2.19 bits per heavy atom. The molecule has 27 heavy (non-hydrogen) atoms. The topological polar surface area (TPSA) is 84.7 Å². The summed E-state index contributed by atoms with van der Waals surface area (Å²) in [6.07, 6.45) is 2.04. The van der Waals surface area contributed by atoms with Gasteiger partial charge in [0.2, 0.25) is 10.0 Å². The Hall–Kier alpha value is -1.64. The lowest BCUT2D eigenvalue weighted by Gasteiger charge is -2.30. The lowest BCUT2D eigenvalue weighted by atomic mass is 10.0. The van der Waals surface area contributed by atoms with E-state index in [1.54, 1.807) is 24.3 Å². The van der Waals surface area contributed by atoms with Gasteiger partial charge in [-0.05, 0) is 48.6 Å². The molecule has 6 nitrogen and oxygen atoms in total. The number of benzene rings is 1. The van der Waals surface area contributed by atoms with Crippen LogP contribution in [0.25, 0.3) is 0 Å². The van der Waals surface area contributed by atoms with Crippen LogP contribution in [0.5, 0.6) is 0 Å². The summed E-state index contributed by atoms with van der Waals surface area (Å²) in [5.41, 5.74) is 1.08. The van der Waals surface area contributed by atoms with E-state index in [-0.39, 0.29) is 23.7 Å². The molecule has 2 heterocycles. The first-order chi connectivity index (χ1) is 12.7. The van der Waals surface area contributed by atoms with E-state index in [2.05, 4.69) is 13.8 Å². The summed E-state index contributed by atoms with van der Waals surface area (Å²) in [6.45, 7) is 4.52. The third-order valence-electron chi connectivity index (χ3n) is 5.02. The van der Waals surface area contributed by atoms with Crippen LogP contribution in [0.15, 0.2) is 52.0 Å². The molecule has 0 radical (unpaired) electrons. The van der Waals surface area contributed by atoms with Crippen LogP contribution in [0.2, 0.25) is 0 Å². The fourth-order valence-electron chi connectivity index (χ4n) is 3.32. The maximum absolute atomic E-state index is 12.8. The van der Waals surface area contributed by atoms with Crippen LogP contribution in [-0.4, -0.2) is 39.5 Å². The summed E-state index contributed by atoms with van der Waals surface area (Å²) in [5.74, 6) is 0.598. The number of furan rings is 1. The van der Waals surface area contributed by atoms with Gasteiger partial charge < -0.3 is 4.42 Å². The molecule has 0 spiro atoms. The third-order valence-corrected chi connectivity index (χ3v) is 9.10. The highest BCUT2D eigenvalue weighted by Crippen LogP contribution is 2.26. The smallest absolute Gasteiger partial charge is 0.243 e. The fourth-order valence-corrected chi connectivity index (χ4v) is 6.51. The number of sulfone groups is 1. The Balaban J connectivity index is 1.67. The minimum Gasteiger partial charge on any atom is -0.468 e. The molecule has 1 saturated heterocycles. The van der Waals surface area contributed by atoms with Gasteiger partial charge in [0.15, 0.2) is 9.84 Å². The van der Waals surface area contributed by atoms with Gasteiger partial charge in [-0.1, -0.05) is 26.0 Å². The highest BCUT2D eigenvalue weighted by Gasteiger charge is 2.35. The molecule has 8 heteroatoms. The number of sulfonamides is 1. The molecule has 1 aliphatic rings. The predicted octanol–water partition coefficient (Wildman–Crippen LogP) is 3.17. The molecular weight excluding hydrogens is 386 g/mol. The van der Waals surface area contributed by atoms with E-state index in [9.17, 15) is 16.8 Å². The minimum absolute atomic E-state index is 0.145. The average Bonchev–Trinajstić information content (AvgIpc) is 3.14. The Bertz CT molecular complexity index is 954. The zero-order valence-corrected chi connectivity index (χ0v) is 17.2. The Morgan fingerprint density at radius 1 is 1.04 bits per heavy atom.